The Labute approximate surface area is 133 Å². The number of anilines is 1. The monoisotopic (exact) mass is 321 g/mol. The molecule has 2 aromatic carbocycles. The Hall–Kier alpha value is -1.65. The van der Waals surface area contributed by atoms with Crippen molar-refractivity contribution in [1.82, 2.24) is 0 Å². The molecule has 0 spiro atoms. The molecule has 3 nitrogen and oxygen atoms in total. The number of halogens is 1. The first-order chi connectivity index (χ1) is 10.1. The maximum Gasteiger partial charge on any atom is 0.265 e. The van der Waals surface area contributed by atoms with Crippen LogP contribution >= 0.6 is 23.4 Å². The van der Waals surface area contributed by atoms with Crippen molar-refractivity contribution >= 4 is 35.0 Å². The highest BCUT2D eigenvalue weighted by Crippen LogP contribution is 2.20. The zero-order valence-corrected chi connectivity index (χ0v) is 13.4. The summed E-state index contributed by atoms with van der Waals surface area (Å²) >= 11 is 7.46. The summed E-state index contributed by atoms with van der Waals surface area (Å²) in [5.41, 5.74) is 0.692. The number of nitrogens with one attached hydrogen (secondary N) is 1. The van der Waals surface area contributed by atoms with Gasteiger partial charge in [0.1, 0.15) is 5.75 Å². The molecule has 0 aliphatic heterocycles. The van der Waals surface area contributed by atoms with Crippen LogP contribution in [0.2, 0.25) is 5.02 Å². The van der Waals surface area contributed by atoms with E-state index in [0.717, 1.165) is 4.90 Å². The average Bonchev–Trinajstić information content (AvgIpc) is 2.50. The summed E-state index contributed by atoms with van der Waals surface area (Å²) in [4.78, 5) is 13.2. The number of thioether (sulfide) groups is 1. The van der Waals surface area contributed by atoms with Gasteiger partial charge in [-0.05, 0) is 61.7 Å². The smallest absolute Gasteiger partial charge is 0.265 e. The molecule has 0 fully saturated rings. The van der Waals surface area contributed by atoms with Gasteiger partial charge in [-0.25, -0.2) is 0 Å². The maximum atomic E-state index is 12.1. The Morgan fingerprint density at radius 1 is 1.14 bits per heavy atom. The van der Waals surface area contributed by atoms with E-state index in [2.05, 4.69) is 5.32 Å². The van der Waals surface area contributed by atoms with Crippen molar-refractivity contribution in [2.75, 3.05) is 11.6 Å². The van der Waals surface area contributed by atoms with Crippen LogP contribution in [0, 0.1) is 0 Å². The summed E-state index contributed by atoms with van der Waals surface area (Å²) in [5, 5.41) is 3.42. The van der Waals surface area contributed by atoms with Gasteiger partial charge in [0.2, 0.25) is 0 Å². The van der Waals surface area contributed by atoms with Gasteiger partial charge in [-0.15, -0.1) is 11.8 Å². The van der Waals surface area contributed by atoms with E-state index < -0.39 is 6.10 Å². The van der Waals surface area contributed by atoms with E-state index in [1.807, 2.05) is 30.5 Å². The summed E-state index contributed by atoms with van der Waals surface area (Å²) in [6, 6.07) is 14.6. The van der Waals surface area contributed by atoms with Gasteiger partial charge in [0.15, 0.2) is 6.10 Å². The van der Waals surface area contributed by atoms with Crippen molar-refractivity contribution in [3.05, 3.63) is 53.6 Å². The lowest BCUT2D eigenvalue weighted by Gasteiger charge is -2.15. The quantitative estimate of drug-likeness (QED) is 0.826. The highest BCUT2D eigenvalue weighted by atomic mass is 35.5. The fourth-order valence-electron chi connectivity index (χ4n) is 1.69. The number of carbonyl (C=O) groups excluding carboxylic acids is 1. The van der Waals surface area contributed by atoms with Gasteiger partial charge in [0.05, 0.1) is 0 Å². The second-order valence-electron chi connectivity index (χ2n) is 4.43. The lowest BCUT2D eigenvalue weighted by molar-refractivity contribution is -0.122. The highest BCUT2D eigenvalue weighted by Gasteiger charge is 2.14. The zero-order valence-electron chi connectivity index (χ0n) is 11.8. The molecular formula is C16H16ClNO2S. The van der Waals surface area contributed by atoms with Crippen molar-refractivity contribution in [2.24, 2.45) is 0 Å². The number of hydrogen-bond acceptors (Lipinski definition) is 3. The second-order valence-corrected chi connectivity index (χ2v) is 5.75. The van der Waals surface area contributed by atoms with Crippen molar-refractivity contribution in [2.45, 2.75) is 17.9 Å². The van der Waals surface area contributed by atoms with E-state index in [0.29, 0.717) is 16.5 Å². The largest absolute Gasteiger partial charge is 0.481 e. The third-order valence-corrected chi connectivity index (χ3v) is 3.85. The van der Waals surface area contributed by atoms with Gasteiger partial charge in [0.25, 0.3) is 5.91 Å². The van der Waals surface area contributed by atoms with E-state index >= 15 is 0 Å². The molecule has 0 aliphatic rings. The average molecular weight is 322 g/mol. The molecule has 110 valence electrons. The van der Waals surface area contributed by atoms with Gasteiger partial charge in [-0.3, -0.25) is 4.79 Å². The SMILES string of the molecule is CSc1ccc(O[C@H](C)C(=O)Nc2ccc(Cl)cc2)cc1. The lowest BCUT2D eigenvalue weighted by Crippen LogP contribution is -2.30. The molecule has 2 rings (SSSR count). The Morgan fingerprint density at radius 3 is 2.33 bits per heavy atom. The first-order valence-electron chi connectivity index (χ1n) is 6.45. The van der Waals surface area contributed by atoms with Gasteiger partial charge in [0, 0.05) is 15.6 Å². The van der Waals surface area contributed by atoms with Crippen LogP contribution in [0.15, 0.2) is 53.4 Å². The van der Waals surface area contributed by atoms with E-state index in [1.165, 1.54) is 0 Å². The highest BCUT2D eigenvalue weighted by molar-refractivity contribution is 7.98. The van der Waals surface area contributed by atoms with E-state index in [4.69, 9.17) is 16.3 Å². The number of amides is 1. The van der Waals surface area contributed by atoms with E-state index in [9.17, 15) is 4.79 Å². The predicted molar refractivity (Wildman–Crippen MR) is 88.4 cm³/mol. The summed E-state index contributed by atoms with van der Waals surface area (Å²) < 4.78 is 5.62. The van der Waals surface area contributed by atoms with Crippen LogP contribution in [-0.2, 0) is 4.79 Å². The number of hydrogen-bond donors (Lipinski definition) is 1. The third-order valence-electron chi connectivity index (χ3n) is 2.85. The molecule has 1 N–H and O–H groups in total. The van der Waals surface area contributed by atoms with Crippen LogP contribution in [0.1, 0.15) is 6.92 Å². The molecule has 2 aromatic rings. The topological polar surface area (TPSA) is 38.3 Å². The zero-order chi connectivity index (χ0) is 15.2. The fraction of sp³-hybridized carbons (Fsp3) is 0.188. The van der Waals surface area contributed by atoms with Crippen molar-refractivity contribution in [1.29, 1.82) is 0 Å². The van der Waals surface area contributed by atoms with Crippen molar-refractivity contribution in [3.63, 3.8) is 0 Å². The second kappa shape index (κ2) is 7.38. The van der Waals surface area contributed by atoms with Crippen LogP contribution in [0.5, 0.6) is 5.75 Å². The number of rotatable bonds is 5. The summed E-state index contributed by atoms with van der Waals surface area (Å²) in [5.74, 6) is 0.470. The summed E-state index contributed by atoms with van der Waals surface area (Å²) in [6.45, 7) is 1.72. The lowest BCUT2D eigenvalue weighted by atomic mass is 10.3. The minimum Gasteiger partial charge on any atom is -0.481 e. The summed E-state index contributed by atoms with van der Waals surface area (Å²) in [6.07, 6.45) is 1.43. The molecule has 0 heterocycles. The molecule has 5 heteroatoms. The Morgan fingerprint density at radius 2 is 1.76 bits per heavy atom. The molecule has 1 atom stereocenters. The molecule has 0 radical (unpaired) electrons. The van der Waals surface area contributed by atoms with Crippen LogP contribution < -0.4 is 10.1 Å². The van der Waals surface area contributed by atoms with E-state index in [1.54, 1.807) is 43.0 Å². The number of carbonyl (C=O) groups is 1. The molecule has 0 unspecified atom stereocenters. The van der Waals surface area contributed by atoms with Gasteiger partial charge >= 0.3 is 0 Å². The Balaban J connectivity index is 1.93. The molecular weight excluding hydrogens is 306 g/mol. The standard InChI is InChI=1S/C16H16ClNO2S/c1-11(20-14-7-9-15(21-2)10-8-14)16(19)18-13-5-3-12(17)4-6-13/h3-11H,1-2H3,(H,18,19)/t11-/m1/s1. The van der Waals surface area contributed by atoms with Crippen LogP contribution in [0.4, 0.5) is 5.69 Å². The molecule has 21 heavy (non-hydrogen) atoms. The number of ether oxygens (including phenoxy) is 1. The molecule has 0 aliphatic carbocycles. The molecule has 0 saturated carbocycles. The minimum absolute atomic E-state index is 0.203. The van der Waals surface area contributed by atoms with Crippen LogP contribution in [-0.4, -0.2) is 18.3 Å². The van der Waals surface area contributed by atoms with Crippen molar-refractivity contribution < 1.29 is 9.53 Å². The number of benzene rings is 2. The molecule has 0 saturated heterocycles. The Kier molecular flexibility index (Phi) is 5.53. The minimum atomic E-state index is -0.583. The first-order valence-corrected chi connectivity index (χ1v) is 8.06. The van der Waals surface area contributed by atoms with Gasteiger partial charge in [-0.2, -0.15) is 0 Å². The molecule has 0 aromatic heterocycles. The normalized spacial score (nSPS) is 11.8. The Bertz CT molecular complexity index is 599. The fourth-order valence-corrected chi connectivity index (χ4v) is 2.22. The molecule has 0 bridgehead atoms. The van der Waals surface area contributed by atoms with E-state index in [-0.39, 0.29) is 5.91 Å². The van der Waals surface area contributed by atoms with Crippen molar-refractivity contribution in [3.8, 4) is 5.75 Å². The maximum absolute atomic E-state index is 12.1. The van der Waals surface area contributed by atoms with Crippen LogP contribution in [0.25, 0.3) is 0 Å². The first kappa shape index (κ1) is 15.7. The van der Waals surface area contributed by atoms with Crippen LogP contribution in [0.3, 0.4) is 0 Å². The third kappa shape index (κ3) is 4.69. The van der Waals surface area contributed by atoms with Gasteiger partial charge < -0.3 is 10.1 Å². The predicted octanol–water partition coefficient (Wildman–Crippen LogP) is 4.47. The van der Waals surface area contributed by atoms with Gasteiger partial charge in [-0.1, -0.05) is 11.6 Å². The summed E-state index contributed by atoms with van der Waals surface area (Å²) in [7, 11) is 0. The molecule has 1 amide bonds.